The summed E-state index contributed by atoms with van der Waals surface area (Å²) in [7, 11) is 3.12. The average Bonchev–Trinajstić information content (AvgIpc) is 2.66. The van der Waals surface area contributed by atoms with Crippen LogP contribution in [0.2, 0.25) is 10.0 Å². The summed E-state index contributed by atoms with van der Waals surface area (Å²) in [6.07, 6.45) is 0.541. The molecular weight excluding hydrogens is 393 g/mol. The van der Waals surface area contributed by atoms with E-state index in [9.17, 15) is 9.90 Å². The molecule has 0 amide bonds. The van der Waals surface area contributed by atoms with Gasteiger partial charge in [0.15, 0.2) is 6.79 Å². The number of benzene rings is 2. The lowest BCUT2D eigenvalue weighted by Gasteiger charge is -2.34. The maximum atomic E-state index is 12.1. The van der Waals surface area contributed by atoms with Crippen molar-refractivity contribution >= 4 is 46.7 Å². The highest BCUT2D eigenvalue weighted by molar-refractivity contribution is 6.42. The summed E-state index contributed by atoms with van der Waals surface area (Å²) >= 11 is 12.0. The van der Waals surface area contributed by atoms with E-state index in [-0.39, 0.29) is 6.79 Å². The lowest BCUT2D eigenvalue weighted by atomic mass is 10.0. The third-order valence-electron chi connectivity index (χ3n) is 3.99. The van der Waals surface area contributed by atoms with E-state index in [1.165, 1.54) is 7.11 Å². The van der Waals surface area contributed by atoms with Crippen LogP contribution in [0.1, 0.15) is 21.5 Å². The standard InChI is InChI=1S/C19H17Cl2NO5/c1-22-16-6-4-12(18(23)26-10-25-2)9-13(16)17(27-19(22)24)8-11-3-5-14(20)15(21)7-11/h3-9,19,24H,10H2,1-2H3/b17-8-. The molecule has 0 bridgehead atoms. The first kappa shape index (κ1) is 19.5. The quantitative estimate of drug-likeness (QED) is 0.607. The molecule has 0 radical (unpaired) electrons. The number of aliphatic hydroxyl groups excluding tert-OH is 1. The fourth-order valence-corrected chi connectivity index (χ4v) is 2.91. The van der Waals surface area contributed by atoms with Gasteiger partial charge in [0.1, 0.15) is 5.76 Å². The number of esters is 1. The highest BCUT2D eigenvalue weighted by atomic mass is 35.5. The van der Waals surface area contributed by atoms with E-state index >= 15 is 0 Å². The Morgan fingerprint density at radius 2 is 2.04 bits per heavy atom. The highest BCUT2D eigenvalue weighted by Crippen LogP contribution is 2.37. The molecule has 1 N–H and O–H groups in total. The zero-order chi connectivity index (χ0) is 19.6. The molecule has 1 aliphatic rings. The summed E-state index contributed by atoms with van der Waals surface area (Å²) in [6.45, 7) is -0.142. The Morgan fingerprint density at radius 1 is 1.26 bits per heavy atom. The number of carbonyl (C=O) groups is 1. The number of anilines is 1. The van der Waals surface area contributed by atoms with Gasteiger partial charge in [0.05, 0.1) is 21.3 Å². The molecule has 0 spiro atoms. The number of halogens is 2. The van der Waals surface area contributed by atoms with Gasteiger partial charge in [-0.3, -0.25) is 0 Å². The Morgan fingerprint density at radius 3 is 2.74 bits per heavy atom. The van der Waals surface area contributed by atoms with E-state index in [4.69, 9.17) is 37.4 Å². The number of carbonyl (C=O) groups excluding carboxylic acids is 1. The largest absolute Gasteiger partial charge is 0.446 e. The number of hydrogen-bond acceptors (Lipinski definition) is 6. The lowest BCUT2D eigenvalue weighted by Crippen LogP contribution is -2.37. The smallest absolute Gasteiger partial charge is 0.340 e. The highest BCUT2D eigenvalue weighted by Gasteiger charge is 2.27. The van der Waals surface area contributed by atoms with Crippen LogP contribution in [0.3, 0.4) is 0 Å². The van der Waals surface area contributed by atoms with Crippen LogP contribution in [0.25, 0.3) is 11.8 Å². The van der Waals surface area contributed by atoms with Crippen molar-refractivity contribution in [3.05, 3.63) is 63.1 Å². The predicted octanol–water partition coefficient (Wildman–Crippen LogP) is 3.99. The average molecular weight is 410 g/mol. The first-order chi connectivity index (χ1) is 12.9. The van der Waals surface area contributed by atoms with E-state index in [1.54, 1.807) is 54.4 Å². The van der Waals surface area contributed by atoms with Crippen molar-refractivity contribution in [2.24, 2.45) is 0 Å². The van der Waals surface area contributed by atoms with Gasteiger partial charge in [-0.2, -0.15) is 0 Å². The van der Waals surface area contributed by atoms with Crippen molar-refractivity contribution in [1.82, 2.24) is 0 Å². The fraction of sp³-hybridized carbons (Fsp3) is 0.211. The van der Waals surface area contributed by atoms with E-state index in [0.29, 0.717) is 32.6 Å². The van der Waals surface area contributed by atoms with E-state index < -0.39 is 12.4 Å². The van der Waals surface area contributed by atoms with Crippen molar-refractivity contribution in [1.29, 1.82) is 0 Å². The normalized spacial score (nSPS) is 17.4. The zero-order valence-corrected chi connectivity index (χ0v) is 16.1. The van der Waals surface area contributed by atoms with Crippen LogP contribution >= 0.6 is 23.2 Å². The van der Waals surface area contributed by atoms with Gasteiger partial charge in [-0.25, -0.2) is 4.79 Å². The minimum Gasteiger partial charge on any atom is -0.446 e. The molecule has 0 aliphatic carbocycles. The van der Waals surface area contributed by atoms with Crippen LogP contribution in [0.4, 0.5) is 5.69 Å². The summed E-state index contributed by atoms with van der Waals surface area (Å²) in [5.41, 5.74) is 2.39. The molecule has 0 saturated carbocycles. The second kappa shape index (κ2) is 8.19. The molecule has 6 nitrogen and oxygen atoms in total. The fourth-order valence-electron chi connectivity index (χ4n) is 2.60. The number of aliphatic hydroxyl groups is 1. The molecule has 0 saturated heterocycles. The van der Waals surface area contributed by atoms with Gasteiger partial charge in [0, 0.05) is 19.7 Å². The Balaban J connectivity index is 2.04. The number of methoxy groups -OCH3 is 1. The van der Waals surface area contributed by atoms with Gasteiger partial charge in [-0.05, 0) is 42.0 Å². The monoisotopic (exact) mass is 409 g/mol. The molecule has 1 aliphatic heterocycles. The maximum Gasteiger partial charge on any atom is 0.340 e. The number of fused-ring (bicyclic) bond motifs is 1. The Hall–Kier alpha value is -2.25. The van der Waals surface area contributed by atoms with Gasteiger partial charge in [-0.15, -0.1) is 0 Å². The summed E-state index contributed by atoms with van der Waals surface area (Å²) in [5, 5.41) is 11.0. The van der Waals surface area contributed by atoms with Crippen LogP contribution < -0.4 is 4.90 Å². The van der Waals surface area contributed by atoms with Crippen LogP contribution in [-0.4, -0.2) is 38.4 Å². The van der Waals surface area contributed by atoms with Crippen molar-refractivity contribution < 1.29 is 24.1 Å². The molecule has 1 unspecified atom stereocenters. The summed E-state index contributed by atoms with van der Waals surface area (Å²) < 4.78 is 15.3. The van der Waals surface area contributed by atoms with Crippen LogP contribution in [0.5, 0.6) is 0 Å². The van der Waals surface area contributed by atoms with Gasteiger partial charge >= 0.3 is 5.97 Å². The topological polar surface area (TPSA) is 68.2 Å². The Bertz CT molecular complexity index is 900. The molecule has 8 heteroatoms. The van der Waals surface area contributed by atoms with Crippen LogP contribution in [0.15, 0.2) is 36.4 Å². The number of nitrogens with zero attached hydrogens (tertiary/aromatic N) is 1. The van der Waals surface area contributed by atoms with Crippen LogP contribution in [-0.2, 0) is 14.2 Å². The molecule has 0 aromatic heterocycles. The van der Waals surface area contributed by atoms with E-state index in [2.05, 4.69) is 0 Å². The van der Waals surface area contributed by atoms with Crippen molar-refractivity contribution in [3.63, 3.8) is 0 Å². The molecule has 2 aromatic carbocycles. The molecule has 3 rings (SSSR count). The SMILES string of the molecule is COCOC(=O)c1ccc2c(c1)/C(=C/c1ccc(Cl)c(Cl)c1)OC(O)N2C. The second-order valence-corrected chi connectivity index (χ2v) is 6.62. The van der Waals surface area contributed by atoms with Gasteiger partial charge in [0.25, 0.3) is 6.41 Å². The third-order valence-corrected chi connectivity index (χ3v) is 4.73. The van der Waals surface area contributed by atoms with Crippen molar-refractivity contribution in [2.45, 2.75) is 6.41 Å². The van der Waals surface area contributed by atoms with Gasteiger partial charge in [-0.1, -0.05) is 29.3 Å². The van der Waals surface area contributed by atoms with E-state index in [1.807, 2.05) is 0 Å². The molecule has 27 heavy (non-hydrogen) atoms. The van der Waals surface area contributed by atoms with Crippen molar-refractivity contribution in [2.75, 3.05) is 25.9 Å². The minimum atomic E-state index is -1.17. The third kappa shape index (κ3) is 4.20. The first-order valence-corrected chi connectivity index (χ1v) is 8.71. The van der Waals surface area contributed by atoms with Crippen molar-refractivity contribution in [3.8, 4) is 0 Å². The van der Waals surface area contributed by atoms with Gasteiger partial charge < -0.3 is 24.2 Å². The molecule has 0 fully saturated rings. The molecule has 1 heterocycles. The van der Waals surface area contributed by atoms with Gasteiger partial charge in [0.2, 0.25) is 0 Å². The lowest BCUT2D eigenvalue weighted by molar-refractivity contribution is -0.0399. The summed E-state index contributed by atoms with van der Waals surface area (Å²) in [5.74, 6) is -0.141. The minimum absolute atomic E-state index is 0.142. The summed E-state index contributed by atoms with van der Waals surface area (Å²) in [4.78, 5) is 13.7. The Kier molecular flexibility index (Phi) is 5.92. The summed E-state index contributed by atoms with van der Waals surface area (Å²) in [6, 6.07) is 10.1. The first-order valence-electron chi connectivity index (χ1n) is 7.95. The zero-order valence-electron chi connectivity index (χ0n) is 14.6. The number of rotatable bonds is 4. The molecule has 142 valence electrons. The molecular formula is C19H17Cl2NO5. The van der Waals surface area contributed by atoms with E-state index in [0.717, 1.165) is 5.56 Å². The second-order valence-electron chi connectivity index (χ2n) is 5.81. The predicted molar refractivity (Wildman–Crippen MR) is 104 cm³/mol. The number of hydrogen-bond donors (Lipinski definition) is 1. The molecule has 1 atom stereocenters. The van der Waals surface area contributed by atoms with Crippen LogP contribution in [0, 0.1) is 0 Å². The molecule has 2 aromatic rings. The Labute approximate surface area is 166 Å². The maximum absolute atomic E-state index is 12.1. The number of ether oxygens (including phenoxy) is 3.